The molecule has 0 aliphatic rings. The standard InChI is InChI=1S/C30H32ClN3O6/c1-29(2,3)19-30(4,5)22-8-13-25(14-9-22)39-18-27(35)33-32-17-21-16-23(31)10-15-26(21)40-28(36)20-6-11-24(12-7-20)34(37)38/h6-17H,18-19H2,1-5H3,(H,33,35)/b32-17+. The van der Waals surface area contributed by atoms with Crippen molar-refractivity contribution in [3.05, 3.63) is 98.6 Å². The second-order valence-electron chi connectivity index (χ2n) is 11.1. The second-order valence-corrected chi connectivity index (χ2v) is 11.5. The van der Waals surface area contributed by atoms with Crippen LogP contribution in [-0.2, 0) is 10.2 Å². The van der Waals surface area contributed by atoms with Gasteiger partial charge in [-0.05, 0) is 65.3 Å². The normalized spacial score (nSPS) is 11.8. The molecule has 0 unspecified atom stereocenters. The first-order chi connectivity index (χ1) is 18.7. The molecule has 210 valence electrons. The Labute approximate surface area is 238 Å². The lowest BCUT2D eigenvalue weighted by molar-refractivity contribution is -0.384. The molecule has 0 saturated heterocycles. The lowest BCUT2D eigenvalue weighted by atomic mass is 9.72. The summed E-state index contributed by atoms with van der Waals surface area (Å²) in [6.45, 7) is 10.8. The van der Waals surface area contributed by atoms with Gasteiger partial charge in [0.2, 0.25) is 0 Å². The Hall–Kier alpha value is -4.24. The van der Waals surface area contributed by atoms with E-state index >= 15 is 0 Å². The van der Waals surface area contributed by atoms with E-state index in [-0.39, 0.29) is 34.4 Å². The fourth-order valence-corrected chi connectivity index (χ4v) is 4.56. The summed E-state index contributed by atoms with van der Waals surface area (Å²) in [5.74, 6) is -0.516. The summed E-state index contributed by atoms with van der Waals surface area (Å²) >= 11 is 6.07. The number of nitro benzene ring substituents is 1. The molecule has 1 amide bonds. The molecule has 0 spiro atoms. The minimum absolute atomic E-state index is 0.00175. The molecule has 0 aromatic heterocycles. The zero-order chi connectivity index (χ0) is 29.5. The molecule has 0 aliphatic carbocycles. The van der Waals surface area contributed by atoms with Crippen molar-refractivity contribution in [3.63, 3.8) is 0 Å². The third-order valence-electron chi connectivity index (χ3n) is 5.86. The summed E-state index contributed by atoms with van der Waals surface area (Å²) in [5.41, 5.74) is 4.06. The molecule has 9 nitrogen and oxygen atoms in total. The van der Waals surface area contributed by atoms with E-state index in [1.807, 2.05) is 24.3 Å². The van der Waals surface area contributed by atoms with Gasteiger partial charge in [0.1, 0.15) is 11.5 Å². The number of carbonyl (C=O) groups is 2. The van der Waals surface area contributed by atoms with Crippen LogP contribution in [0, 0.1) is 15.5 Å². The number of rotatable bonds is 10. The van der Waals surface area contributed by atoms with Crippen molar-refractivity contribution < 1.29 is 24.0 Å². The van der Waals surface area contributed by atoms with E-state index in [0.29, 0.717) is 16.3 Å². The highest BCUT2D eigenvalue weighted by molar-refractivity contribution is 6.31. The molecule has 0 saturated carbocycles. The third-order valence-corrected chi connectivity index (χ3v) is 6.09. The van der Waals surface area contributed by atoms with Crippen molar-refractivity contribution in [1.29, 1.82) is 0 Å². The summed E-state index contributed by atoms with van der Waals surface area (Å²) < 4.78 is 11.0. The number of non-ortho nitro benzene ring substituents is 1. The number of hydrogen-bond donors (Lipinski definition) is 1. The molecule has 3 aromatic carbocycles. The lowest BCUT2D eigenvalue weighted by Crippen LogP contribution is -2.25. The summed E-state index contributed by atoms with van der Waals surface area (Å²) in [6, 6.07) is 17.2. The second kappa shape index (κ2) is 12.7. The molecule has 3 rings (SSSR count). The Morgan fingerprint density at radius 3 is 2.25 bits per heavy atom. The molecule has 3 aromatic rings. The number of carbonyl (C=O) groups excluding carboxylic acids is 2. The monoisotopic (exact) mass is 565 g/mol. The average Bonchev–Trinajstić information content (AvgIpc) is 2.88. The van der Waals surface area contributed by atoms with Crippen LogP contribution in [0.4, 0.5) is 5.69 Å². The van der Waals surface area contributed by atoms with E-state index in [4.69, 9.17) is 21.1 Å². The van der Waals surface area contributed by atoms with Gasteiger partial charge in [0.05, 0.1) is 16.7 Å². The van der Waals surface area contributed by atoms with Crippen molar-refractivity contribution in [2.45, 2.75) is 46.5 Å². The van der Waals surface area contributed by atoms with Crippen LogP contribution in [0.3, 0.4) is 0 Å². The first-order valence-corrected chi connectivity index (χ1v) is 12.9. The lowest BCUT2D eigenvalue weighted by Gasteiger charge is -2.33. The summed E-state index contributed by atoms with van der Waals surface area (Å²) in [5, 5.41) is 15.1. The van der Waals surface area contributed by atoms with Crippen LogP contribution in [0.1, 0.15) is 62.5 Å². The zero-order valence-electron chi connectivity index (χ0n) is 23.1. The number of nitrogens with zero attached hydrogens (tertiary/aromatic N) is 2. The topological polar surface area (TPSA) is 120 Å². The smallest absolute Gasteiger partial charge is 0.343 e. The van der Waals surface area contributed by atoms with Gasteiger partial charge in [-0.25, -0.2) is 10.2 Å². The Kier molecular flexibility index (Phi) is 9.65. The van der Waals surface area contributed by atoms with Crippen molar-refractivity contribution in [3.8, 4) is 11.5 Å². The van der Waals surface area contributed by atoms with E-state index < -0.39 is 16.8 Å². The van der Waals surface area contributed by atoms with Crippen LogP contribution in [-0.4, -0.2) is 29.6 Å². The van der Waals surface area contributed by atoms with Gasteiger partial charge >= 0.3 is 5.97 Å². The summed E-state index contributed by atoms with van der Waals surface area (Å²) in [7, 11) is 0. The predicted octanol–water partition coefficient (Wildman–Crippen LogP) is 6.71. The number of halogens is 1. The SMILES string of the molecule is CC(C)(C)CC(C)(C)c1ccc(OCC(=O)N/N=C/c2cc(Cl)ccc2OC(=O)c2ccc([N+](=O)[O-])cc2)cc1. The van der Waals surface area contributed by atoms with Crippen LogP contribution in [0.15, 0.2) is 71.8 Å². The zero-order valence-corrected chi connectivity index (χ0v) is 23.8. The highest BCUT2D eigenvalue weighted by Gasteiger charge is 2.27. The first-order valence-electron chi connectivity index (χ1n) is 12.5. The quantitative estimate of drug-likeness (QED) is 0.0958. The van der Waals surface area contributed by atoms with Crippen molar-refractivity contribution >= 4 is 35.4 Å². The van der Waals surface area contributed by atoms with E-state index in [0.717, 1.165) is 6.42 Å². The molecule has 40 heavy (non-hydrogen) atoms. The average molecular weight is 566 g/mol. The maximum absolute atomic E-state index is 12.5. The van der Waals surface area contributed by atoms with Gasteiger partial charge in [0.25, 0.3) is 11.6 Å². The molecule has 1 N–H and O–H groups in total. The maximum atomic E-state index is 12.5. The Bertz CT molecular complexity index is 1390. The number of benzene rings is 3. The molecule has 0 atom stereocenters. The van der Waals surface area contributed by atoms with Crippen LogP contribution in [0.5, 0.6) is 11.5 Å². The maximum Gasteiger partial charge on any atom is 0.343 e. The number of esters is 1. The number of hydrogen-bond acceptors (Lipinski definition) is 7. The molecule has 0 aliphatic heterocycles. The van der Waals surface area contributed by atoms with E-state index in [2.05, 4.69) is 45.1 Å². The van der Waals surface area contributed by atoms with Crippen LogP contribution in [0.2, 0.25) is 5.02 Å². The van der Waals surface area contributed by atoms with E-state index in [1.54, 1.807) is 0 Å². The van der Waals surface area contributed by atoms with Gasteiger partial charge in [0.15, 0.2) is 6.61 Å². The minimum atomic E-state index is -0.725. The van der Waals surface area contributed by atoms with Gasteiger partial charge in [-0.15, -0.1) is 0 Å². The van der Waals surface area contributed by atoms with Crippen molar-refractivity contribution in [2.24, 2.45) is 10.5 Å². The minimum Gasteiger partial charge on any atom is -0.484 e. The summed E-state index contributed by atoms with van der Waals surface area (Å²) in [6.07, 6.45) is 2.31. The molecule has 0 radical (unpaired) electrons. The fraction of sp³-hybridized carbons (Fsp3) is 0.300. The van der Waals surface area contributed by atoms with Crippen LogP contribution < -0.4 is 14.9 Å². The highest BCUT2D eigenvalue weighted by Crippen LogP contribution is 2.36. The number of hydrazone groups is 1. The Morgan fingerprint density at radius 2 is 1.65 bits per heavy atom. The largest absolute Gasteiger partial charge is 0.484 e. The first kappa shape index (κ1) is 30.3. The molecular weight excluding hydrogens is 534 g/mol. The van der Waals surface area contributed by atoms with Crippen LogP contribution >= 0.6 is 11.6 Å². The van der Waals surface area contributed by atoms with E-state index in [9.17, 15) is 19.7 Å². The van der Waals surface area contributed by atoms with E-state index in [1.165, 1.54) is 54.2 Å². The van der Waals surface area contributed by atoms with Crippen LogP contribution in [0.25, 0.3) is 0 Å². The number of nitro groups is 1. The number of nitrogens with one attached hydrogen (secondary N) is 1. The molecule has 10 heteroatoms. The third kappa shape index (κ3) is 8.91. The van der Waals surface area contributed by atoms with Gasteiger partial charge in [-0.3, -0.25) is 14.9 Å². The molecule has 0 fully saturated rings. The van der Waals surface area contributed by atoms with Gasteiger partial charge < -0.3 is 9.47 Å². The predicted molar refractivity (Wildman–Crippen MR) is 154 cm³/mol. The van der Waals surface area contributed by atoms with Crippen molar-refractivity contribution in [1.82, 2.24) is 5.43 Å². The highest BCUT2D eigenvalue weighted by atomic mass is 35.5. The molecule has 0 bridgehead atoms. The Morgan fingerprint density at radius 1 is 1.00 bits per heavy atom. The summed E-state index contributed by atoms with van der Waals surface area (Å²) in [4.78, 5) is 35.0. The number of amides is 1. The van der Waals surface area contributed by atoms with Gasteiger partial charge in [-0.1, -0.05) is 58.4 Å². The molecule has 0 heterocycles. The van der Waals surface area contributed by atoms with Gasteiger partial charge in [-0.2, -0.15) is 5.10 Å². The fourth-order valence-electron chi connectivity index (χ4n) is 4.38. The number of ether oxygens (including phenoxy) is 2. The molecular formula is C30H32ClN3O6. The Balaban J connectivity index is 1.57. The van der Waals surface area contributed by atoms with Crippen molar-refractivity contribution in [2.75, 3.05) is 6.61 Å². The van der Waals surface area contributed by atoms with Gasteiger partial charge in [0, 0.05) is 22.7 Å².